The summed E-state index contributed by atoms with van der Waals surface area (Å²) in [5, 5.41) is 3.23. The molecule has 0 radical (unpaired) electrons. The number of anilines is 2. The molecule has 0 spiro atoms. The highest BCUT2D eigenvalue weighted by Gasteiger charge is 2.11. The fraction of sp³-hybridized carbons (Fsp3) is 0.188. The Kier molecular flexibility index (Phi) is 4.70. The molecule has 0 aliphatic carbocycles. The molecule has 2 aromatic rings. The maximum absolute atomic E-state index is 12.1. The van der Waals surface area contributed by atoms with Crippen LogP contribution < -0.4 is 16.0 Å². The molecule has 4 nitrogen and oxygen atoms in total. The minimum Gasteiger partial charge on any atom is -0.397 e. The van der Waals surface area contributed by atoms with Crippen molar-refractivity contribution in [2.45, 2.75) is 6.54 Å². The molecule has 3 N–H and O–H groups in total. The number of nitrogens with two attached hydrogens (primary N) is 1. The molecule has 0 aliphatic heterocycles. The highest BCUT2D eigenvalue weighted by Crippen LogP contribution is 2.22. The van der Waals surface area contributed by atoms with E-state index >= 15 is 0 Å². The topological polar surface area (TPSA) is 58.4 Å². The Labute approximate surface area is 129 Å². The van der Waals surface area contributed by atoms with E-state index in [-0.39, 0.29) is 5.91 Å². The normalized spacial score (nSPS) is 10.2. The van der Waals surface area contributed by atoms with Gasteiger partial charge in [-0.25, -0.2) is 0 Å². The van der Waals surface area contributed by atoms with Crippen molar-refractivity contribution in [3.63, 3.8) is 0 Å². The third kappa shape index (κ3) is 3.67. The van der Waals surface area contributed by atoms with Crippen molar-refractivity contribution in [1.82, 2.24) is 5.32 Å². The molecule has 0 atom stereocenters. The minimum atomic E-state index is -0.230. The van der Waals surface area contributed by atoms with E-state index in [0.717, 1.165) is 11.3 Å². The van der Waals surface area contributed by atoms with E-state index in [4.69, 9.17) is 17.3 Å². The van der Waals surface area contributed by atoms with Crippen LogP contribution in [0.1, 0.15) is 15.9 Å². The first kappa shape index (κ1) is 15.2. The molecule has 0 saturated carbocycles. The molecule has 0 unspecified atom stereocenters. The largest absolute Gasteiger partial charge is 0.397 e. The van der Waals surface area contributed by atoms with Gasteiger partial charge in [-0.1, -0.05) is 29.8 Å². The Hall–Kier alpha value is -2.20. The lowest BCUT2D eigenvalue weighted by Crippen LogP contribution is -2.23. The third-order valence-corrected chi connectivity index (χ3v) is 3.53. The molecule has 2 aromatic carbocycles. The lowest BCUT2D eigenvalue weighted by atomic mass is 10.1. The van der Waals surface area contributed by atoms with Gasteiger partial charge in [0.15, 0.2) is 0 Å². The number of hydrogen-bond acceptors (Lipinski definition) is 3. The molecule has 0 fully saturated rings. The summed E-state index contributed by atoms with van der Waals surface area (Å²) in [5.74, 6) is -0.230. The van der Waals surface area contributed by atoms with E-state index in [1.54, 1.807) is 18.2 Å². The Morgan fingerprint density at radius 1 is 1.19 bits per heavy atom. The van der Waals surface area contributed by atoms with Crippen LogP contribution in [0.25, 0.3) is 0 Å². The summed E-state index contributed by atoms with van der Waals surface area (Å²) in [6.07, 6.45) is 0. The van der Waals surface area contributed by atoms with Crippen LogP contribution in [0.3, 0.4) is 0 Å². The van der Waals surface area contributed by atoms with Crippen molar-refractivity contribution in [2.24, 2.45) is 0 Å². The van der Waals surface area contributed by atoms with Crippen LogP contribution in [0.5, 0.6) is 0 Å². The molecular weight excluding hydrogens is 286 g/mol. The van der Waals surface area contributed by atoms with Crippen molar-refractivity contribution < 1.29 is 4.79 Å². The number of carbonyl (C=O) groups is 1. The maximum atomic E-state index is 12.1. The SMILES string of the molecule is CN(C)c1ccc(CNC(=O)c2cccc(Cl)c2N)cc1. The van der Waals surface area contributed by atoms with Crippen molar-refractivity contribution in [2.75, 3.05) is 24.7 Å². The summed E-state index contributed by atoms with van der Waals surface area (Å²) < 4.78 is 0. The fourth-order valence-electron chi connectivity index (χ4n) is 1.92. The molecule has 1 amide bonds. The first-order valence-corrected chi connectivity index (χ1v) is 6.95. The van der Waals surface area contributed by atoms with Gasteiger partial charge in [0.05, 0.1) is 16.3 Å². The molecule has 0 aromatic heterocycles. The number of nitrogens with one attached hydrogen (secondary N) is 1. The number of rotatable bonds is 4. The smallest absolute Gasteiger partial charge is 0.253 e. The van der Waals surface area contributed by atoms with Crippen molar-refractivity contribution >= 4 is 28.9 Å². The zero-order valence-electron chi connectivity index (χ0n) is 12.1. The number of carbonyl (C=O) groups excluding carboxylic acids is 1. The Morgan fingerprint density at radius 2 is 1.86 bits per heavy atom. The lowest BCUT2D eigenvalue weighted by Gasteiger charge is -2.13. The summed E-state index contributed by atoms with van der Waals surface area (Å²) in [5.41, 5.74) is 8.65. The highest BCUT2D eigenvalue weighted by molar-refractivity contribution is 6.33. The predicted octanol–water partition coefficient (Wildman–Crippen LogP) is 2.92. The number of hydrogen-bond donors (Lipinski definition) is 2. The third-order valence-electron chi connectivity index (χ3n) is 3.20. The number of nitrogen functional groups attached to an aromatic ring is 1. The Morgan fingerprint density at radius 3 is 2.48 bits per heavy atom. The van der Waals surface area contributed by atoms with Gasteiger partial charge in [-0.2, -0.15) is 0 Å². The molecule has 110 valence electrons. The van der Waals surface area contributed by atoms with Crippen molar-refractivity contribution in [1.29, 1.82) is 0 Å². The summed E-state index contributed by atoms with van der Waals surface area (Å²) in [4.78, 5) is 14.1. The zero-order valence-corrected chi connectivity index (χ0v) is 12.8. The highest BCUT2D eigenvalue weighted by atomic mass is 35.5. The standard InChI is InChI=1S/C16H18ClN3O/c1-20(2)12-8-6-11(7-9-12)10-19-16(21)13-4-3-5-14(17)15(13)18/h3-9H,10,18H2,1-2H3,(H,19,21). The van der Waals surface area contributed by atoms with Gasteiger partial charge in [0.2, 0.25) is 0 Å². The first-order valence-electron chi connectivity index (χ1n) is 6.57. The van der Waals surface area contributed by atoms with E-state index in [0.29, 0.717) is 22.8 Å². The lowest BCUT2D eigenvalue weighted by molar-refractivity contribution is 0.0952. The van der Waals surface area contributed by atoms with Gasteiger partial charge >= 0.3 is 0 Å². The molecule has 5 heteroatoms. The summed E-state index contributed by atoms with van der Waals surface area (Å²) in [6.45, 7) is 0.443. The van der Waals surface area contributed by atoms with Gasteiger partial charge in [-0.05, 0) is 29.8 Å². The van der Waals surface area contributed by atoms with E-state index in [1.165, 1.54) is 0 Å². The second-order valence-corrected chi connectivity index (χ2v) is 5.35. The summed E-state index contributed by atoms with van der Waals surface area (Å²) >= 11 is 5.91. The second kappa shape index (κ2) is 6.50. The molecular formula is C16H18ClN3O. The van der Waals surface area contributed by atoms with E-state index in [2.05, 4.69) is 5.32 Å². The van der Waals surface area contributed by atoms with Gasteiger partial charge in [0.25, 0.3) is 5.91 Å². The van der Waals surface area contributed by atoms with Gasteiger partial charge in [0.1, 0.15) is 0 Å². The van der Waals surface area contributed by atoms with Gasteiger partial charge in [-0.3, -0.25) is 4.79 Å². The average molecular weight is 304 g/mol. The molecule has 21 heavy (non-hydrogen) atoms. The summed E-state index contributed by atoms with van der Waals surface area (Å²) in [6, 6.07) is 13.0. The maximum Gasteiger partial charge on any atom is 0.253 e. The predicted molar refractivity (Wildman–Crippen MR) is 87.8 cm³/mol. The van der Waals surface area contributed by atoms with Gasteiger partial charge in [0, 0.05) is 26.3 Å². The van der Waals surface area contributed by atoms with Crippen LogP contribution in [0.15, 0.2) is 42.5 Å². The van der Waals surface area contributed by atoms with Crippen molar-refractivity contribution in [3.8, 4) is 0 Å². The van der Waals surface area contributed by atoms with E-state index in [1.807, 2.05) is 43.3 Å². The van der Waals surface area contributed by atoms with Crippen LogP contribution in [0.2, 0.25) is 5.02 Å². The van der Waals surface area contributed by atoms with Crippen LogP contribution in [-0.4, -0.2) is 20.0 Å². The van der Waals surface area contributed by atoms with E-state index < -0.39 is 0 Å². The van der Waals surface area contributed by atoms with Crippen LogP contribution in [0.4, 0.5) is 11.4 Å². The molecule has 0 heterocycles. The number of para-hydroxylation sites is 1. The zero-order chi connectivity index (χ0) is 15.4. The van der Waals surface area contributed by atoms with Crippen LogP contribution >= 0.6 is 11.6 Å². The number of benzene rings is 2. The number of amides is 1. The number of halogens is 1. The Bertz CT molecular complexity index is 638. The average Bonchev–Trinajstić information content (AvgIpc) is 2.48. The van der Waals surface area contributed by atoms with Crippen molar-refractivity contribution in [3.05, 3.63) is 58.6 Å². The number of nitrogens with zero attached hydrogens (tertiary/aromatic N) is 1. The van der Waals surface area contributed by atoms with Gasteiger partial charge in [-0.15, -0.1) is 0 Å². The second-order valence-electron chi connectivity index (χ2n) is 4.94. The Balaban J connectivity index is 2.02. The first-order chi connectivity index (χ1) is 9.99. The minimum absolute atomic E-state index is 0.230. The molecule has 0 aliphatic rings. The van der Waals surface area contributed by atoms with Gasteiger partial charge < -0.3 is 16.0 Å². The molecule has 0 bridgehead atoms. The fourth-order valence-corrected chi connectivity index (χ4v) is 2.10. The van der Waals surface area contributed by atoms with Crippen LogP contribution in [-0.2, 0) is 6.54 Å². The molecule has 0 saturated heterocycles. The molecule has 2 rings (SSSR count). The summed E-state index contributed by atoms with van der Waals surface area (Å²) in [7, 11) is 3.97. The van der Waals surface area contributed by atoms with E-state index in [9.17, 15) is 4.79 Å². The van der Waals surface area contributed by atoms with Crippen LogP contribution in [0, 0.1) is 0 Å². The quantitative estimate of drug-likeness (QED) is 0.854. The monoisotopic (exact) mass is 303 g/mol.